The molecule has 0 fully saturated rings. The maximum Gasteiger partial charge on any atom is 0.0880 e. The number of hydrogen-bond donors (Lipinski definition) is 0. The molecular formula is C13H18N2. The van der Waals surface area contributed by atoms with E-state index in [1.165, 1.54) is 5.57 Å². The van der Waals surface area contributed by atoms with Gasteiger partial charge >= 0.3 is 0 Å². The maximum atomic E-state index is 4.28. The summed E-state index contributed by atoms with van der Waals surface area (Å²) in [4.78, 5) is 8.55. The van der Waals surface area contributed by atoms with Crippen LogP contribution in [-0.4, -0.2) is 9.97 Å². The number of aryl methyl sites for hydroxylation is 1. The van der Waals surface area contributed by atoms with Crippen molar-refractivity contribution < 1.29 is 0 Å². The number of aromatic nitrogens is 2. The van der Waals surface area contributed by atoms with Gasteiger partial charge in [-0.05, 0) is 25.8 Å². The normalized spacial score (nSPS) is 13.7. The molecule has 0 aliphatic carbocycles. The highest BCUT2D eigenvalue weighted by Gasteiger charge is 1.93. The highest BCUT2D eigenvalue weighted by Crippen LogP contribution is 2.06. The van der Waals surface area contributed by atoms with Gasteiger partial charge in [0.25, 0.3) is 0 Å². The Bertz CT molecular complexity index is 470. The molecule has 0 aromatic carbocycles. The Morgan fingerprint density at radius 2 is 2.13 bits per heavy atom. The van der Waals surface area contributed by atoms with Crippen molar-refractivity contribution in [1.29, 1.82) is 0 Å². The molecule has 0 aliphatic heterocycles. The minimum atomic E-state index is 0.563. The molecule has 0 radical (unpaired) electrons. The fraction of sp³-hybridized carbons (Fsp3) is 0.385. The van der Waals surface area contributed by atoms with Crippen LogP contribution in [0.15, 0.2) is 17.8 Å². The van der Waals surface area contributed by atoms with Gasteiger partial charge in [0.1, 0.15) is 0 Å². The van der Waals surface area contributed by atoms with E-state index in [0.29, 0.717) is 5.92 Å². The van der Waals surface area contributed by atoms with Gasteiger partial charge in [-0.1, -0.05) is 32.1 Å². The number of hydrogen-bond acceptors (Lipinski definition) is 2. The fourth-order valence-electron chi connectivity index (χ4n) is 1.08. The summed E-state index contributed by atoms with van der Waals surface area (Å²) in [6.07, 6.45) is 5.82. The van der Waals surface area contributed by atoms with Crippen LogP contribution in [0.3, 0.4) is 0 Å². The summed E-state index contributed by atoms with van der Waals surface area (Å²) >= 11 is 0. The average Bonchev–Trinajstić information content (AvgIpc) is 2.15. The predicted molar refractivity (Wildman–Crippen MR) is 64.6 cm³/mol. The van der Waals surface area contributed by atoms with Gasteiger partial charge in [0.2, 0.25) is 0 Å². The Morgan fingerprint density at radius 3 is 2.67 bits per heavy atom. The smallest absolute Gasteiger partial charge is 0.0880 e. The minimum Gasteiger partial charge on any atom is -0.253 e. The first-order valence-corrected chi connectivity index (χ1v) is 5.18. The van der Waals surface area contributed by atoms with Crippen LogP contribution in [0.1, 0.15) is 26.5 Å². The van der Waals surface area contributed by atoms with E-state index in [2.05, 4.69) is 43.4 Å². The SMILES string of the molecule is C=c1nc(C)cn/c1=C/C=C(\C)C(C)C. The Balaban J connectivity index is 3.13. The van der Waals surface area contributed by atoms with Crippen LogP contribution in [0.25, 0.3) is 12.7 Å². The lowest BCUT2D eigenvalue weighted by Gasteiger charge is -2.01. The average molecular weight is 202 g/mol. The zero-order chi connectivity index (χ0) is 11.4. The van der Waals surface area contributed by atoms with Crippen molar-refractivity contribution in [3.8, 4) is 0 Å². The topological polar surface area (TPSA) is 25.8 Å². The van der Waals surface area contributed by atoms with Gasteiger partial charge in [0, 0.05) is 6.20 Å². The van der Waals surface area contributed by atoms with E-state index in [9.17, 15) is 0 Å². The third-order valence-corrected chi connectivity index (χ3v) is 2.41. The Morgan fingerprint density at radius 1 is 1.47 bits per heavy atom. The van der Waals surface area contributed by atoms with Gasteiger partial charge in [-0.25, -0.2) is 0 Å². The van der Waals surface area contributed by atoms with Gasteiger partial charge in [-0.2, -0.15) is 0 Å². The molecule has 0 atom stereocenters. The molecule has 0 N–H and O–H groups in total. The van der Waals surface area contributed by atoms with Crippen molar-refractivity contribution in [3.63, 3.8) is 0 Å². The molecule has 0 spiro atoms. The molecule has 0 aliphatic rings. The van der Waals surface area contributed by atoms with Crippen LogP contribution in [0.4, 0.5) is 0 Å². The summed E-state index contributed by atoms with van der Waals surface area (Å²) in [5, 5.41) is 1.59. The van der Waals surface area contributed by atoms with Crippen LogP contribution in [0.5, 0.6) is 0 Å². The van der Waals surface area contributed by atoms with Crippen LogP contribution in [0.2, 0.25) is 0 Å². The Hall–Kier alpha value is -1.44. The molecule has 0 bridgehead atoms. The molecule has 1 aromatic heterocycles. The largest absolute Gasteiger partial charge is 0.253 e. The zero-order valence-corrected chi connectivity index (χ0v) is 9.91. The molecular weight excluding hydrogens is 184 g/mol. The molecule has 2 nitrogen and oxygen atoms in total. The molecule has 80 valence electrons. The van der Waals surface area contributed by atoms with E-state index in [0.717, 1.165) is 16.4 Å². The lowest BCUT2D eigenvalue weighted by Crippen LogP contribution is -2.30. The summed E-state index contributed by atoms with van der Waals surface area (Å²) < 4.78 is 0. The second kappa shape index (κ2) is 4.87. The van der Waals surface area contributed by atoms with Crippen molar-refractivity contribution in [2.24, 2.45) is 5.92 Å². The van der Waals surface area contributed by atoms with Gasteiger partial charge in [-0.3, -0.25) is 9.97 Å². The Kier molecular flexibility index (Phi) is 3.78. The standard InChI is InChI=1S/C13H18N2/c1-9(2)10(3)6-7-13-12(5)15-11(4)8-14-13/h6-9H,5H2,1-4H3/b10-6+,13-7+. The lowest BCUT2D eigenvalue weighted by atomic mass is 10.1. The van der Waals surface area contributed by atoms with E-state index in [1.54, 1.807) is 6.20 Å². The first-order valence-electron chi connectivity index (χ1n) is 5.18. The number of rotatable bonds is 2. The monoisotopic (exact) mass is 202 g/mol. The quantitative estimate of drug-likeness (QED) is 0.727. The highest BCUT2D eigenvalue weighted by molar-refractivity contribution is 5.37. The first kappa shape index (κ1) is 11.6. The van der Waals surface area contributed by atoms with Gasteiger partial charge in [0.05, 0.1) is 16.4 Å². The third-order valence-electron chi connectivity index (χ3n) is 2.41. The minimum absolute atomic E-state index is 0.563. The molecule has 0 amide bonds. The van der Waals surface area contributed by atoms with Crippen LogP contribution < -0.4 is 10.7 Å². The molecule has 0 saturated heterocycles. The van der Waals surface area contributed by atoms with Crippen LogP contribution in [-0.2, 0) is 0 Å². The third kappa shape index (κ3) is 3.31. The summed E-state index contributed by atoms with van der Waals surface area (Å²) in [6.45, 7) is 12.2. The zero-order valence-electron chi connectivity index (χ0n) is 9.91. The van der Waals surface area contributed by atoms with E-state index in [1.807, 2.05) is 13.0 Å². The lowest BCUT2D eigenvalue weighted by molar-refractivity contribution is 0.770. The van der Waals surface area contributed by atoms with E-state index in [-0.39, 0.29) is 0 Å². The van der Waals surface area contributed by atoms with Crippen molar-refractivity contribution in [2.45, 2.75) is 27.7 Å². The second-order valence-electron chi connectivity index (χ2n) is 4.08. The summed E-state index contributed by atoms with van der Waals surface area (Å²) in [6, 6.07) is 0. The van der Waals surface area contributed by atoms with E-state index < -0.39 is 0 Å². The summed E-state index contributed by atoms with van der Waals surface area (Å²) in [5.74, 6) is 0.563. The molecule has 0 saturated carbocycles. The van der Waals surface area contributed by atoms with Gasteiger partial charge in [0.15, 0.2) is 0 Å². The van der Waals surface area contributed by atoms with Gasteiger partial charge in [-0.15, -0.1) is 0 Å². The second-order valence-corrected chi connectivity index (χ2v) is 4.08. The number of nitrogens with zero attached hydrogens (tertiary/aromatic N) is 2. The van der Waals surface area contributed by atoms with Crippen molar-refractivity contribution in [2.75, 3.05) is 0 Å². The molecule has 1 rings (SSSR count). The van der Waals surface area contributed by atoms with Crippen molar-refractivity contribution in [3.05, 3.63) is 34.2 Å². The van der Waals surface area contributed by atoms with Crippen molar-refractivity contribution in [1.82, 2.24) is 9.97 Å². The molecule has 1 heterocycles. The van der Waals surface area contributed by atoms with E-state index >= 15 is 0 Å². The van der Waals surface area contributed by atoms with Gasteiger partial charge < -0.3 is 0 Å². The van der Waals surface area contributed by atoms with Crippen LogP contribution >= 0.6 is 0 Å². The molecule has 2 heteroatoms. The highest BCUT2D eigenvalue weighted by atomic mass is 14.8. The molecule has 1 aromatic rings. The maximum absolute atomic E-state index is 4.28. The Labute approximate surface area is 91.1 Å². The van der Waals surface area contributed by atoms with Crippen molar-refractivity contribution >= 4 is 12.7 Å². The number of allylic oxidation sites excluding steroid dienone is 2. The predicted octanol–water partition coefficient (Wildman–Crippen LogP) is 1.58. The molecule has 15 heavy (non-hydrogen) atoms. The first-order chi connectivity index (χ1) is 7.00. The summed E-state index contributed by atoms with van der Waals surface area (Å²) in [5.41, 5.74) is 2.23. The van der Waals surface area contributed by atoms with E-state index in [4.69, 9.17) is 0 Å². The van der Waals surface area contributed by atoms with Crippen LogP contribution in [0, 0.1) is 12.8 Å². The summed E-state index contributed by atoms with van der Waals surface area (Å²) in [7, 11) is 0. The molecule has 0 unspecified atom stereocenters. The fourth-order valence-corrected chi connectivity index (χ4v) is 1.08.